The number of hydrogen-bond donors (Lipinski definition) is 3. The van der Waals surface area contributed by atoms with E-state index in [-0.39, 0.29) is 46.3 Å². The Bertz CT molecular complexity index is 1610. The largest absolute Gasteiger partial charge is 0.465 e. The third-order valence-corrected chi connectivity index (χ3v) is 7.31. The van der Waals surface area contributed by atoms with Crippen LogP contribution in [0.3, 0.4) is 0 Å². The molecule has 0 radical (unpaired) electrons. The van der Waals surface area contributed by atoms with Crippen molar-refractivity contribution < 1.29 is 28.3 Å². The van der Waals surface area contributed by atoms with Gasteiger partial charge in [0.2, 0.25) is 5.91 Å². The molecule has 3 aromatic rings. The van der Waals surface area contributed by atoms with Gasteiger partial charge in [0.25, 0.3) is 5.91 Å². The van der Waals surface area contributed by atoms with Gasteiger partial charge in [-0.05, 0) is 72.4 Å². The van der Waals surface area contributed by atoms with E-state index in [0.29, 0.717) is 36.2 Å². The lowest BCUT2D eigenvalue weighted by Gasteiger charge is -2.34. The molecule has 0 fully saturated rings. The third kappa shape index (κ3) is 5.97. The lowest BCUT2D eigenvalue weighted by molar-refractivity contribution is -0.128. The third-order valence-electron chi connectivity index (χ3n) is 7.02. The van der Waals surface area contributed by atoms with Crippen LogP contribution < -0.4 is 10.6 Å². The van der Waals surface area contributed by atoms with Crippen molar-refractivity contribution in [3.63, 3.8) is 0 Å². The van der Waals surface area contributed by atoms with Crippen LogP contribution in [-0.4, -0.2) is 46.0 Å². The van der Waals surface area contributed by atoms with E-state index in [1.54, 1.807) is 35.4 Å². The highest BCUT2D eigenvalue weighted by Gasteiger charge is 2.30. The minimum atomic E-state index is -1.25. The molecule has 2 aliphatic heterocycles. The second kappa shape index (κ2) is 11.9. The summed E-state index contributed by atoms with van der Waals surface area (Å²) in [5.74, 6) is -2.47. The highest BCUT2D eigenvalue weighted by molar-refractivity contribution is 6.31. The highest BCUT2D eigenvalue weighted by Crippen LogP contribution is 2.36. The molecule has 2 aliphatic rings. The number of benzene rings is 2. The van der Waals surface area contributed by atoms with Gasteiger partial charge in [0.1, 0.15) is 5.82 Å². The van der Waals surface area contributed by atoms with Gasteiger partial charge in [-0.2, -0.15) is 0 Å². The van der Waals surface area contributed by atoms with Crippen molar-refractivity contribution >= 4 is 40.8 Å². The number of carboxylic acid groups (broad SMARTS) is 1. The molecule has 0 saturated carbocycles. The van der Waals surface area contributed by atoms with Crippen LogP contribution in [0.1, 0.15) is 46.9 Å². The summed E-state index contributed by atoms with van der Waals surface area (Å²) in [5.41, 5.74) is 2.24. The molecule has 8 nitrogen and oxygen atoms in total. The molecular weight excluding hydrogens is 554 g/mol. The number of nitrogens with zero attached hydrogens (tertiary/aromatic N) is 2. The zero-order valence-corrected chi connectivity index (χ0v) is 22.4. The zero-order valence-electron chi connectivity index (χ0n) is 21.7. The SMILES string of the molecule is O=C(O)Nc1ccc2c(c1)C(=O)NCCC=CC[C@H](N1CCC(c3c(F)ccc(Cl)c3F)=CC1=O)c1cc-2ccn1. The fraction of sp³-hybridized carbons (Fsp3) is 0.200. The standard InChI is InChI=1S/C30H25ClF2N4O4/c31-22-7-8-23(32)27(28(22)33)18-10-13-37(26(38)15-18)25-4-2-1-3-11-35-29(39)21-16-19(36-30(40)41)5-6-20(21)17-9-12-34-24(25)14-17/h1-2,5-9,12,14-16,25,36H,3-4,10-11,13H2,(H,35,39)(H,40,41)/t25-/m0/s1. The molecule has 11 heteroatoms. The normalized spacial score (nSPS) is 17.4. The quantitative estimate of drug-likeness (QED) is 0.253. The monoisotopic (exact) mass is 578 g/mol. The van der Waals surface area contributed by atoms with E-state index in [2.05, 4.69) is 15.6 Å². The Morgan fingerprint density at radius 2 is 1.93 bits per heavy atom. The van der Waals surface area contributed by atoms with E-state index in [4.69, 9.17) is 16.7 Å². The van der Waals surface area contributed by atoms with E-state index in [0.717, 1.165) is 12.1 Å². The molecule has 1 aromatic heterocycles. The van der Waals surface area contributed by atoms with Crippen molar-refractivity contribution in [3.8, 4) is 11.1 Å². The second-order valence-electron chi connectivity index (χ2n) is 9.60. The van der Waals surface area contributed by atoms with Crippen molar-refractivity contribution in [1.82, 2.24) is 15.2 Å². The second-order valence-corrected chi connectivity index (χ2v) is 10.0. The molecule has 3 N–H and O–H groups in total. The summed E-state index contributed by atoms with van der Waals surface area (Å²) in [5, 5.41) is 14.0. The number of pyridine rings is 1. The molecule has 2 bridgehead atoms. The van der Waals surface area contributed by atoms with Crippen molar-refractivity contribution in [1.29, 1.82) is 0 Å². The number of carbonyl (C=O) groups is 3. The van der Waals surface area contributed by atoms with Crippen LogP contribution in [0.4, 0.5) is 19.3 Å². The maximum absolute atomic E-state index is 14.7. The molecular formula is C30H25ClF2N4O4. The Labute approximate surface area is 239 Å². The van der Waals surface area contributed by atoms with Gasteiger partial charge in [-0.15, -0.1) is 0 Å². The fourth-order valence-corrected chi connectivity index (χ4v) is 5.24. The number of halogens is 3. The maximum atomic E-state index is 14.7. The van der Waals surface area contributed by atoms with Crippen LogP contribution in [0.5, 0.6) is 0 Å². The van der Waals surface area contributed by atoms with Gasteiger partial charge in [-0.25, -0.2) is 13.6 Å². The number of carbonyl (C=O) groups excluding carboxylic acids is 2. The van der Waals surface area contributed by atoms with Gasteiger partial charge < -0.3 is 15.3 Å². The van der Waals surface area contributed by atoms with E-state index < -0.39 is 29.7 Å². The summed E-state index contributed by atoms with van der Waals surface area (Å²) in [7, 11) is 0. The number of anilines is 1. The van der Waals surface area contributed by atoms with Gasteiger partial charge in [-0.1, -0.05) is 29.8 Å². The van der Waals surface area contributed by atoms with Gasteiger partial charge in [0.05, 0.1) is 22.3 Å². The Hall–Kier alpha value is -4.57. The minimum Gasteiger partial charge on any atom is -0.465 e. The number of hydrogen-bond acceptors (Lipinski definition) is 4. The van der Waals surface area contributed by atoms with Crippen molar-refractivity contribution in [2.45, 2.75) is 25.3 Å². The lowest BCUT2D eigenvalue weighted by atomic mass is 9.94. The molecule has 0 aliphatic carbocycles. The molecule has 1 atom stereocenters. The number of aromatic nitrogens is 1. The highest BCUT2D eigenvalue weighted by atomic mass is 35.5. The zero-order chi connectivity index (χ0) is 29.1. The summed E-state index contributed by atoms with van der Waals surface area (Å²) in [4.78, 5) is 43.8. The van der Waals surface area contributed by atoms with E-state index in [1.165, 1.54) is 12.1 Å². The number of rotatable bonds is 3. The van der Waals surface area contributed by atoms with Crippen molar-refractivity contribution in [2.24, 2.45) is 0 Å². The van der Waals surface area contributed by atoms with E-state index in [1.807, 2.05) is 12.2 Å². The molecule has 0 saturated heterocycles. The van der Waals surface area contributed by atoms with Crippen LogP contribution >= 0.6 is 11.6 Å². The Morgan fingerprint density at radius 1 is 1.10 bits per heavy atom. The minimum absolute atomic E-state index is 0.196. The number of nitrogens with one attached hydrogen (secondary N) is 2. The summed E-state index contributed by atoms with van der Waals surface area (Å²) in [6.07, 6.45) is 6.53. The van der Waals surface area contributed by atoms with Crippen molar-refractivity contribution in [3.05, 3.63) is 100 Å². The van der Waals surface area contributed by atoms with Crippen LogP contribution in [0.2, 0.25) is 5.02 Å². The van der Waals surface area contributed by atoms with E-state index in [9.17, 15) is 23.2 Å². The average Bonchev–Trinajstić information content (AvgIpc) is 2.95. The average molecular weight is 579 g/mol. The Kier molecular flexibility index (Phi) is 8.11. The lowest BCUT2D eigenvalue weighted by Crippen LogP contribution is -2.37. The molecule has 0 unspecified atom stereocenters. The number of amides is 3. The summed E-state index contributed by atoms with van der Waals surface area (Å²) in [6, 6.07) is 9.92. The predicted octanol–water partition coefficient (Wildman–Crippen LogP) is 6.21. The predicted molar refractivity (Wildman–Crippen MR) is 150 cm³/mol. The van der Waals surface area contributed by atoms with Crippen LogP contribution in [0.15, 0.2) is 66.9 Å². The molecule has 5 rings (SSSR count). The number of fused-ring (bicyclic) bond motifs is 4. The maximum Gasteiger partial charge on any atom is 0.409 e. The van der Waals surface area contributed by atoms with Gasteiger partial charge in [0.15, 0.2) is 5.82 Å². The van der Waals surface area contributed by atoms with Gasteiger partial charge in [0, 0.05) is 36.6 Å². The fourth-order valence-electron chi connectivity index (χ4n) is 5.08. The Morgan fingerprint density at radius 3 is 2.71 bits per heavy atom. The molecule has 3 heterocycles. The van der Waals surface area contributed by atoms with Gasteiger partial charge >= 0.3 is 6.09 Å². The molecule has 3 amide bonds. The van der Waals surface area contributed by atoms with Gasteiger partial charge in [-0.3, -0.25) is 19.9 Å². The van der Waals surface area contributed by atoms with Crippen LogP contribution in [0.25, 0.3) is 16.7 Å². The summed E-state index contributed by atoms with van der Waals surface area (Å²) < 4.78 is 29.2. The topological polar surface area (TPSA) is 112 Å². The molecule has 0 spiro atoms. The van der Waals surface area contributed by atoms with E-state index >= 15 is 0 Å². The summed E-state index contributed by atoms with van der Waals surface area (Å²) in [6.45, 7) is 0.540. The first-order chi connectivity index (χ1) is 19.7. The molecule has 210 valence electrons. The van der Waals surface area contributed by atoms with Crippen LogP contribution in [0, 0.1) is 11.6 Å². The first-order valence-electron chi connectivity index (χ1n) is 12.9. The smallest absolute Gasteiger partial charge is 0.409 e. The summed E-state index contributed by atoms with van der Waals surface area (Å²) >= 11 is 5.87. The van der Waals surface area contributed by atoms with Crippen molar-refractivity contribution in [2.75, 3.05) is 18.4 Å². The first-order valence-corrected chi connectivity index (χ1v) is 13.3. The van der Waals surface area contributed by atoms with Crippen LogP contribution in [-0.2, 0) is 4.79 Å². The first kappa shape index (κ1) is 28.0. The molecule has 41 heavy (non-hydrogen) atoms. The molecule has 2 aromatic carbocycles. The Balaban J connectivity index is 1.53.